The number of halogens is 1. The van der Waals surface area contributed by atoms with Crippen molar-refractivity contribution in [2.45, 2.75) is 37.8 Å². The van der Waals surface area contributed by atoms with Gasteiger partial charge < -0.3 is 19.7 Å². The summed E-state index contributed by atoms with van der Waals surface area (Å²) in [7, 11) is 0.0823. The highest BCUT2D eigenvalue weighted by molar-refractivity contribution is 9.10. The van der Waals surface area contributed by atoms with Crippen LogP contribution in [0, 0.1) is 13.8 Å². The van der Waals surface area contributed by atoms with Crippen molar-refractivity contribution in [2.75, 3.05) is 32.1 Å². The quantitative estimate of drug-likeness (QED) is 0.192. The first kappa shape index (κ1) is 34.5. The number of carbonyl (C=O) groups excluding carboxylic acids is 2. The summed E-state index contributed by atoms with van der Waals surface area (Å²) in [6.45, 7) is 3.23. The fraction of sp³-hybridized carbons (Fsp3) is 0.257. The SMILES string of the molecule is CNC(=O)C(Cc1ccccc1)N(Cc1cccc(Br)c1)C(=O)CN(c1cc(C)cc(C)c1)S(=O)(=O)c1ccc(OC)c(OC)c1. The van der Waals surface area contributed by atoms with Crippen molar-refractivity contribution in [1.29, 1.82) is 0 Å². The van der Waals surface area contributed by atoms with Crippen LogP contribution in [0.3, 0.4) is 0 Å². The number of benzene rings is 4. The number of rotatable bonds is 13. The van der Waals surface area contributed by atoms with Crippen LogP contribution in [0.2, 0.25) is 0 Å². The van der Waals surface area contributed by atoms with E-state index in [4.69, 9.17) is 9.47 Å². The van der Waals surface area contributed by atoms with Crippen molar-refractivity contribution >= 4 is 43.5 Å². The third-order valence-electron chi connectivity index (χ3n) is 7.48. The number of anilines is 1. The number of nitrogens with zero attached hydrogens (tertiary/aromatic N) is 2. The molecule has 4 rings (SSSR count). The first-order valence-electron chi connectivity index (χ1n) is 14.6. The second kappa shape index (κ2) is 15.3. The molecule has 0 bridgehead atoms. The van der Waals surface area contributed by atoms with Gasteiger partial charge in [0.2, 0.25) is 11.8 Å². The van der Waals surface area contributed by atoms with Crippen LogP contribution in [-0.4, -0.2) is 59.0 Å². The molecule has 0 aliphatic rings. The highest BCUT2D eigenvalue weighted by atomic mass is 79.9. The topological polar surface area (TPSA) is 105 Å². The molecular formula is C35H38BrN3O6S. The molecule has 0 fully saturated rings. The largest absolute Gasteiger partial charge is 0.493 e. The molecule has 1 N–H and O–H groups in total. The molecule has 0 aliphatic heterocycles. The van der Waals surface area contributed by atoms with Crippen LogP contribution in [0.15, 0.2) is 100 Å². The lowest BCUT2D eigenvalue weighted by Crippen LogP contribution is -2.53. The summed E-state index contributed by atoms with van der Waals surface area (Å²) in [6, 6.07) is 25.6. The van der Waals surface area contributed by atoms with Gasteiger partial charge in [-0.05, 0) is 72.5 Å². The zero-order valence-electron chi connectivity index (χ0n) is 26.5. The van der Waals surface area contributed by atoms with Crippen molar-refractivity contribution < 1.29 is 27.5 Å². The fourth-order valence-electron chi connectivity index (χ4n) is 5.28. The summed E-state index contributed by atoms with van der Waals surface area (Å²) >= 11 is 3.49. The van der Waals surface area contributed by atoms with Gasteiger partial charge in [0.15, 0.2) is 11.5 Å². The van der Waals surface area contributed by atoms with E-state index in [1.54, 1.807) is 12.1 Å². The Bertz CT molecular complexity index is 1780. The van der Waals surface area contributed by atoms with Crippen LogP contribution in [-0.2, 0) is 32.6 Å². The maximum absolute atomic E-state index is 14.5. The minimum atomic E-state index is -4.32. The Balaban J connectivity index is 1.84. The average molecular weight is 709 g/mol. The first-order chi connectivity index (χ1) is 22.0. The zero-order chi connectivity index (χ0) is 33.4. The number of sulfonamides is 1. The molecule has 4 aromatic carbocycles. The van der Waals surface area contributed by atoms with E-state index in [0.717, 1.165) is 31.0 Å². The van der Waals surface area contributed by atoms with Crippen LogP contribution in [0.4, 0.5) is 5.69 Å². The first-order valence-corrected chi connectivity index (χ1v) is 16.8. The maximum Gasteiger partial charge on any atom is 0.264 e. The van der Waals surface area contributed by atoms with E-state index in [-0.39, 0.29) is 29.5 Å². The lowest BCUT2D eigenvalue weighted by Gasteiger charge is -2.33. The lowest BCUT2D eigenvalue weighted by atomic mass is 10.0. The summed E-state index contributed by atoms with van der Waals surface area (Å²) in [4.78, 5) is 29.3. The highest BCUT2D eigenvalue weighted by Gasteiger charge is 2.35. The van der Waals surface area contributed by atoms with Gasteiger partial charge in [0.1, 0.15) is 12.6 Å². The molecule has 0 spiro atoms. The molecule has 0 saturated heterocycles. The highest BCUT2D eigenvalue weighted by Crippen LogP contribution is 2.33. The number of ether oxygens (including phenoxy) is 2. The summed E-state index contributed by atoms with van der Waals surface area (Å²) in [5.41, 5.74) is 3.60. The average Bonchev–Trinajstić information content (AvgIpc) is 3.04. The number of aryl methyl sites for hydroxylation is 2. The monoisotopic (exact) mass is 707 g/mol. The predicted octanol–water partition coefficient (Wildman–Crippen LogP) is 5.66. The molecule has 1 atom stereocenters. The third kappa shape index (κ3) is 8.27. The van der Waals surface area contributed by atoms with Crippen LogP contribution in [0.1, 0.15) is 22.3 Å². The van der Waals surface area contributed by atoms with Crippen molar-refractivity contribution in [3.8, 4) is 11.5 Å². The second-order valence-electron chi connectivity index (χ2n) is 10.8. The minimum Gasteiger partial charge on any atom is -0.493 e. The van der Waals surface area contributed by atoms with Crippen LogP contribution >= 0.6 is 15.9 Å². The van der Waals surface area contributed by atoms with Gasteiger partial charge in [-0.1, -0.05) is 64.5 Å². The molecule has 0 aliphatic carbocycles. The van der Waals surface area contributed by atoms with Crippen molar-refractivity contribution in [3.63, 3.8) is 0 Å². The molecule has 46 heavy (non-hydrogen) atoms. The van der Waals surface area contributed by atoms with E-state index in [9.17, 15) is 18.0 Å². The normalized spacial score (nSPS) is 11.8. The van der Waals surface area contributed by atoms with Crippen LogP contribution in [0.5, 0.6) is 11.5 Å². The van der Waals surface area contributed by atoms with E-state index in [1.807, 2.05) is 74.5 Å². The van der Waals surface area contributed by atoms with Crippen molar-refractivity contribution in [3.05, 3.63) is 118 Å². The van der Waals surface area contributed by atoms with E-state index in [1.165, 1.54) is 44.4 Å². The van der Waals surface area contributed by atoms with Crippen LogP contribution < -0.4 is 19.1 Å². The van der Waals surface area contributed by atoms with E-state index >= 15 is 0 Å². The summed E-state index contributed by atoms with van der Waals surface area (Å²) in [5, 5.41) is 2.70. The van der Waals surface area contributed by atoms with Gasteiger partial charge in [0.25, 0.3) is 10.0 Å². The molecule has 0 saturated carbocycles. The molecule has 0 heterocycles. The number of nitrogens with one attached hydrogen (secondary N) is 1. The minimum absolute atomic E-state index is 0.0697. The summed E-state index contributed by atoms with van der Waals surface area (Å²) in [6.07, 6.45) is 0.228. The van der Waals surface area contributed by atoms with E-state index in [2.05, 4.69) is 21.2 Å². The Kier molecular flexibility index (Phi) is 11.5. The molecule has 242 valence electrons. The number of likely N-dealkylation sites (N-methyl/N-ethyl adjacent to an activating group) is 1. The van der Waals surface area contributed by atoms with Crippen molar-refractivity contribution in [1.82, 2.24) is 10.2 Å². The molecule has 0 aromatic heterocycles. The Morgan fingerprint density at radius 1 is 0.826 bits per heavy atom. The Hall–Kier alpha value is -4.35. The fourth-order valence-corrected chi connectivity index (χ4v) is 7.14. The number of amides is 2. The molecule has 1 unspecified atom stereocenters. The van der Waals surface area contributed by atoms with Gasteiger partial charge in [-0.25, -0.2) is 8.42 Å². The maximum atomic E-state index is 14.5. The molecule has 11 heteroatoms. The number of methoxy groups -OCH3 is 2. The second-order valence-corrected chi connectivity index (χ2v) is 13.6. The molecular weight excluding hydrogens is 670 g/mol. The Labute approximate surface area is 279 Å². The van der Waals surface area contributed by atoms with Crippen molar-refractivity contribution in [2.24, 2.45) is 0 Å². The van der Waals surface area contributed by atoms with Gasteiger partial charge in [-0.15, -0.1) is 0 Å². The smallest absolute Gasteiger partial charge is 0.264 e. The van der Waals surface area contributed by atoms with Crippen LogP contribution in [0.25, 0.3) is 0 Å². The standard InChI is InChI=1S/C35H38BrN3O6S/c1-24-16-25(2)18-29(17-24)39(46(42,43)30-14-15-32(44-4)33(21-30)45-5)23-34(40)38(22-27-12-9-13-28(36)19-27)31(35(41)37-3)20-26-10-7-6-8-11-26/h6-19,21,31H,20,22-23H2,1-5H3,(H,37,41). The van der Waals surface area contributed by atoms with Gasteiger partial charge >= 0.3 is 0 Å². The molecule has 4 aromatic rings. The number of hydrogen-bond donors (Lipinski definition) is 1. The number of carbonyl (C=O) groups is 2. The van der Waals surface area contributed by atoms with Gasteiger partial charge in [-0.3, -0.25) is 13.9 Å². The number of hydrogen-bond acceptors (Lipinski definition) is 6. The Morgan fingerprint density at radius 2 is 1.48 bits per heavy atom. The lowest BCUT2D eigenvalue weighted by molar-refractivity contribution is -0.139. The predicted molar refractivity (Wildman–Crippen MR) is 183 cm³/mol. The Morgan fingerprint density at radius 3 is 2.09 bits per heavy atom. The zero-order valence-corrected chi connectivity index (χ0v) is 28.9. The summed E-state index contributed by atoms with van der Waals surface area (Å²) in [5.74, 6) is -0.320. The molecule has 0 radical (unpaired) electrons. The van der Waals surface area contributed by atoms with Gasteiger partial charge in [0.05, 0.1) is 24.8 Å². The van der Waals surface area contributed by atoms with E-state index < -0.39 is 28.5 Å². The third-order valence-corrected chi connectivity index (χ3v) is 9.74. The summed E-state index contributed by atoms with van der Waals surface area (Å²) < 4.78 is 41.4. The molecule has 2 amide bonds. The molecule has 9 nitrogen and oxygen atoms in total. The van der Waals surface area contributed by atoms with Gasteiger partial charge in [0, 0.05) is 30.6 Å². The van der Waals surface area contributed by atoms with E-state index in [0.29, 0.717) is 11.4 Å². The van der Waals surface area contributed by atoms with Gasteiger partial charge in [-0.2, -0.15) is 0 Å².